The van der Waals surface area contributed by atoms with Crippen LogP contribution in [0.25, 0.3) is 0 Å². The molecule has 0 bridgehead atoms. The number of aryl methyl sites for hydroxylation is 2. The Labute approximate surface area is 129 Å². The van der Waals surface area contributed by atoms with Crippen molar-refractivity contribution in [2.45, 2.75) is 26.8 Å². The predicted molar refractivity (Wildman–Crippen MR) is 86.3 cm³/mol. The van der Waals surface area contributed by atoms with Crippen molar-refractivity contribution in [3.8, 4) is 0 Å². The molecule has 4 nitrogen and oxygen atoms in total. The van der Waals surface area contributed by atoms with Gasteiger partial charge in [-0.2, -0.15) is 5.10 Å². The molecule has 0 atom stereocenters. The second-order valence-corrected chi connectivity index (χ2v) is 6.12. The first-order valence-electron chi connectivity index (χ1n) is 6.93. The smallest absolute Gasteiger partial charge is 0.227 e. The van der Waals surface area contributed by atoms with Gasteiger partial charge in [0.05, 0.1) is 18.7 Å². The van der Waals surface area contributed by atoms with Crippen LogP contribution in [0.5, 0.6) is 0 Å². The molecule has 0 aromatic carbocycles. The van der Waals surface area contributed by atoms with Crippen molar-refractivity contribution in [3.63, 3.8) is 0 Å². The SMILES string of the molecule is C=CCN(Cc1cccs1)C(=O)Cc1c(C)nn(C)c1C. The summed E-state index contributed by atoms with van der Waals surface area (Å²) in [7, 11) is 1.91. The molecule has 0 aliphatic rings. The molecule has 0 spiro atoms. The standard InChI is InChI=1S/C16H21N3OS/c1-5-8-19(11-14-7-6-9-21-14)16(20)10-15-12(2)17-18(4)13(15)3/h5-7,9H,1,8,10-11H2,2-4H3. The summed E-state index contributed by atoms with van der Waals surface area (Å²) in [5.74, 6) is 0.113. The topological polar surface area (TPSA) is 38.1 Å². The van der Waals surface area contributed by atoms with E-state index in [1.807, 2.05) is 41.9 Å². The molecule has 0 unspecified atom stereocenters. The third-order valence-corrected chi connectivity index (χ3v) is 4.48. The molecular weight excluding hydrogens is 282 g/mol. The maximum Gasteiger partial charge on any atom is 0.227 e. The van der Waals surface area contributed by atoms with Gasteiger partial charge in [-0.1, -0.05) is 12.1 Å². The zero-order chi connectivity index (χ0) is 15.4. The minimum atomic E-state index is 0.113. The van der Waals surface area contributed by atoms with Gasteiger partial charge in [-0.3, -0.25) is 9.48 Å². The lowest BCUT2D eigenvalue weighted by molar-refractivity contribution is -0.130. The quantitative estimate of drug-likeness (QED) is 0.770. The highest BCUT2D eigenvalue weighted by molar-refractivity contribution is 7.09. The Balaban J connectivity index is 2.13. The number of nitrogens with zero attached hydrogens (tertiary/aromatic N) is 3. The summed E-state index contributed by atoms with van der Waals surface area (Å²) in [6.45, 7) is 8.91. The van der Waals surface area contributed by atoms with Gasteiger partial charge in [-0.15, -0.1) is 17.9 Å². The second-order valence-electron chi connectivity index (χ2n) is 5.09. The van der Waals surface area contributed by atoms with E-state index in [0.717, 1.165) is 17.0 Å². The fourth-order valence-electron chi connectivity index (χ4n) is 2.34. The van der Waals surface area contributed by atoms with E-state index in [1.165, 1.54) is 4.88 Å². The van der Waals surface area contributed by atoms with Crippen molar-refractivity contribution in [1.82, 2.24) is 14.7 Å². The predicted octanol–water partition coefficient (Wildman–Crippen LogP) is 2.86. The summed E-state index contributed by atoms with van der Waals surface area (Å²) >= 11 is 1.67. The minimum Gasteiger partial charge on any atom is -0.334 e. The molecule has 112 valence electrons. The van der Waals surface area contributed by atoms with Gasteiger partial charge in [0.2, 0.25) is 5.91 Å². The number of hydrogen-bond donors (Lipinski definition) is 0. The lowest BCUT2D eigenvalue weighted by Crippen LogP contribution is -2.32. The molecule has 0 radical (unpaired) electrons. The molecule has 0 saturated carbocycles. The van der Waals surface area contributed by atoms with Gasteiger partial charge in [0, 0.05) is 29.7 Å². The molecular formula is C16H21N3OS. The Morgan fingerprint density at radius 2 is 2.29 bits per heavy atom. The number of rotatable bonds is 6. The molecule has 2 aromatic rings. The van der Waals surface area contributed by atoms with Crippen molar-refractivity contribution >= 4 is 17.2 Å². The van der Waals surface area contributed by atoms with Crippen LogP contribution in [0, 0.1) is 13.8 Å². The monoisotopic (exact) mass is 303 g/mol. The first kappa shape index (κ1) is 15.5. The van der Waals surface area contributed by atoms with Crippen molar-refractivity contribution < 1.29 is 4.79 Å². The Kier molecular flexibility index (Phi) is 4.96. The summed E-state index contributed by atoms with van der Waals surface area (Å²) in [5.41, 5.74) is 3.01. The van der Waals surface area contributed by atoms with E-state index in [4.69, 9.17) is 0 Å². The van der Waals surface area contributed by atoms with E-state index in [9.17, 15) is 4.79 Å². The van der Waals surface area contributed by atoms with E-state index >= 15 is 0 Å². The Bertz CT molecular complexity index is 628. The molecule has 0 aliphatic carbocycles. The Morgan fingerprint density at radius 1 is 1.52 bits per heavy atom. The third kappa shape index (κ3) is 3.61. The summed E-state index contributed by atoms with van der Waals surface area (Å²) in [5, 5.41) is 6.40. The van der Waals surface area contributed by atoms with Crippen molar-refractivity contribution in [2.24, 2.45) is 7.05 Å². The molecule has 21 heavy (non-hydrogen) atoms. The highest BCUT2D eigenvalue weighted by Gasteiger charge is 2.18. The van der Waals surface area contributed by atoms with Gasteiger partial charge >= 0.3 is 0 Å². The summed E-state index contributed by atoms with van der Waals surface area (Å²) < 4.78 is 1.83. The van der Waals surface area contributed by atoms with Gasteiger partial charge in [0.1, 0.15) is 0 Å². The van der Waals surface area contributed by atoms with Crippen LogP contribution in [0.15, 0.2) is 30.2 Å². The number of carbonyl (C=O) groups excluding carboxylic acids is 1. The van der Waals surface area contributed by atoms with Crippen LogP contribution < -0.4 is 0 Å². The Hall–Kier alpha value is -1.88. The molecule has 2 aromatic heterocycles. The van der Waals surface area contributed by atoms with E-state index < -0.39 is 0 Å². The maximum absolute atomic E-state index is 12.6. The maximum atomic E-state index is 12.6. The summed E-state index contributed by atoms with van der Waals surface area (Å²) in [6.07, 6.45) is 2.17. The van der Waals surface area contributed by atoms with Gasteiger partial charge in [-0.25, -0.2) is 0 Å². The van der Waals surface area contributed by atoms with E-state index in [1.54, 1.807) is 17.4 Å². The fourth-order valence-corrected chi connectivity index (χ4v) is 3.06. The number of carbonyl (C=O) groups is 1. The highest BCUT2D eigenvalue weighted by atomic mass is 32.1. The van der Waals surface area contributed by atoms with Crippen molar-refractivity contribution in [2.75, 3.05) is 6.54 Å². The van der Waals surface area contributed by atoms with Crippen LogP contribution in [0.4, 0.5) is 0 Å². The zero-order valence-electron chi connectivity index (χ0n) is 12.8. The van der Waals surface area contributed by atoms with Crippen LogP contribution in [0.3, 0.4) is 0 Å². The van der Waals surface area contributed by atoms with Crippen molar-refractivity contribution in [3.05, 3.63) is 52.0 Å². The van der Waals surface area contributed by atoms with Crippen LogP contribution in [-0.4, -0.2) is 27.1 Å². The number of amides is 1. The molecule has 0 saturated heterocycles. The zero-order valence-corrected chi connectivity index (χ0v) is 13.6. The fraction of sp³-hybridized carbons (Fsp3) is 0.375. The van der Waals surface area contributed by atoms with Crippen molar-refractivity contribution in [1.29, 1.82) is 0 Å². The third-order valence-electron chi connectivity index (χ3n) is 3.62. The first-order chi connectivity index (χ1) is 10.0. The summed E-state index contributed by atoms with van der Waals surface area (Å²) in [6, 6.07) is 4.06. The van der Waals surface area contributed by atoms with Crippen LogP contribution in [0.2, 0.25) is 0 Å². The van der Waals surface area contributed by atoms with Crippen LogP contribution >= 0.6 is 11.3 Å². The van der Waals surface area contributed by atoms with Crippen LogP contribution in [-0.2, 0) is 24.8 Å². The van der Waals surface area contributed by atoms with E-state index in [-0.39, 0.29) is 5.91 Å². The van der Waals surface area contributed by atoms with Gasteiger partial charge in [0.15, 0.2) is 0 Å². The normalized spacial score (nSPS) is 10.6. The summed E-state index contributed by atoms with van der Waals surface area (Å²) in [4.78, 5) is 15.6. The first-order valence-corrected chi connectivity index (χ1v) is 7.81. The number of thiophene rings is 1. The van der Waals surface area contributed by atoms with Gasteiger partial charge < -0.3 is 4.90 Å². The number of hydrogen-bond acceptors (Lipinski definition) is 3. The highest BCUT2D eigenvalue weighted by Crippen LogP contribution is 2.16. The Morgan fingerprint density at radius 3 is 2.81 bits per heavy atom. The van der Waals surface area contributed by atoms with Gasteiger partial charge in [0.25, 0.3) is 0 Å². The molecule has 2 rings (SSSR count). The largest absolute Gasteiger partial charge is 0.334 e. The molecule has 0 fully saturated rings. The second kappa shape index (κ2) is 6.72. The van der Waals surface area contributed by atoms with Gasteiger partial charge in [-0.05, 0) is 25.3 Å². The average Bonchev–Trinajstić information content (AvgIpc) is 3.03. The van der Waals surface area contributed by atoms with Crippen LogP contribution in [0.1, 0.15) is 21.8 Å². The average molecular weight is 303 g/mol. The lowest BCUT2D eigenvalue weighted by atomic mass is 10.1. The molecule has 1 amide bonds. The molecule has 2 heterocycles. The van der Waals surface area contributed by atoms with E-state index in [0.29, 0.717) is 19.5 Å². The van der Waals surface area contributed by atoms with E-state index in [2.05, 4.69) is 17.7 Å². The molecule has 5 heteroatoms. The minimum absolute atomic E-state index is 0.113. The number of aromatic nitrogens is 2. The molecule has 0 N–H and O–H groups in total. The lowest BCUT2D eigenvalue weighted by Gasteiger charge is -2.20. The molecule has 0 aliphatic heterocycles.